The van der Waals surface area contributed by atoms with Gasteiger partial charge in [0.1, 0.15) is 16.3 Å². The van der Waals surface area contributed by atoms with Gasteiger partial charge in [-0.05, 0) is 43.2 Å². The summed E-state index contributed by atoms with van der Waals surface area (Å²) in [7, 11) is -13.6. The second kappa shape index (κ2) is 9.47. The highest BCUT2D eigenvalue weighted by Gasteiger charge is 2.20. The number of nitrogens with zero attached hydrogens (tertiary/aromatic N) is 2. The van der Waals surface area contributed by atoms with Crippen molar-refractivity contribution in [2.45, 2.75) is 23.1 Å². The average molecular weight is 510 g/mol. The van der Waals surface area contributed by atoms with Gasteiger partial charge in [0.05, 0.1) is 28.6 Å². The quantitative estimate of drug-likeness (QED) is 0.166. The van der Waals surface area contributed by atoms with Crippen LogP contribution in [0.2, 0.25) is 0 Å². The molecule has 0 saturated carbocycles. The predicted octanol–water partition coefficient (Wildman–Crippen LogP) is 2.14. The van der Waals surface area contributed by atoms with Gasteiger partial charge >= 0.3 is 0 Å². The molecule has 2 rings (SSSR count). The van der Waals surface area contributed by atoms with Gasteiger partial charge in [-0.15, -0.1) is 5.11 Å². The van der Waals surface area contributed by atoms with Gasteiger partial charge in [0.25, 0.3) is 30.4 Å². The second-order valence-corrected chi connectivity index (χ2v) is 10.8. The molecule has 0 fully saturated rings. The van der Waals surface area contributed by atoms with E-state index in [1.165, 1.54) is 12.1 Å². The number of azo groups is 1. The maximum Gasteiger partial charge on any atom is 0.296 e. The third-order valence-corrected chi connectivity index (χ3v) is 6.46. The third kappa shape index (κ3) is 7.21. The maximum atomic E-state index is 11.6. The van der Waals surface area contributed by atoms with Crippen LogP contribution in [-0.4, -0.2) is 51.3 Å². The van der Waals surface area contributed by atoms with Gasteiger partial charge < -0.3 is 10.5 Å². The molecule has 0 heterocycles. The molecule has 0 aliphatic rings. The fourth-order valence-corrected chi connectivity index (χ4v) is 4.00. The molecule has 0 aliphatic heterocycles. The summed E-state index contributed by atoms with van der Waals surface area (Å²) in [4.78, 5) is -1.42. The first-order valence-corrected chi connectivity index (χ1v) is 13.1. The Morgan fingerprint density at radius 3 is 2.09 bits per heavy atom. The number of anilines is 1. The number of benzene rings is 2. The van der Waals surface area contributed by atoms with Crippen molar-refractivity contribution in [2.75, 3.05) is 18.1 Å². The molecule has 0 bridgehead atoms. The van der Waals surface area contributed by atoms with Crippen LogP contribution >= 0.6 is 0 Å². The van der Waals surface area contributed by atoms with Crippen LogP contribution in [-0.2, 0) is 30.4 Å². The largest absolute Gasteiger partial charge is 0.491 e. The second-order valence-electron chi connectivity index (χ2n) is 6.44. The van der Waals surface area contributed by atoms with Gasteiger partial charge in [-0.1, -0.05) is 0 Å². The Bertz CT molecular complexity index is 1370. The molecule has 32 heavy (non-hydrogen) atoms. The number of aryl methyl sites for hydroxylation is 1. The molecule has 0 saturated heterocycles. The number of rotatable bonds is 9. The molecule has 2 aromatic rings. The summed E-state index contributed by atoms with van der Waals surface area (Å²) >= 11 is 0. The molecular weight excluding hydrogens is 490 g/mol. The number of nitrogens with two attached hydrogens (primary N) is 1. The van der Waals surface area contributed by atoms with Crippen LogP contribution in [0, 0.1) is 6.92 Å². The van der Waals surface area contributed by atoms with Crippen molar-refractivity contribution in [1.29, 1.82) is 0 Å². The lowest BCUT2D eigenvalue weighted by atomic mass is 10.1. The molecule has 0 aliphatic carbocycles. The molecule has 0 radical (unpaired) electrons. The van der Waals surface area contributed by atoms with Gasteiger partial charge in [0.15, 0.2) is 0 Å². The molecule has 0 aromatic heterocycles. The maximum absolute atomic E-state index is 11.6. The fraction of sp³-hybridized carbons (Fsp3) is 0.250. The minimum absolute atomic E-state index is 0.0247. The van der Waals surface area contributed by atoms with E-state index in [1.807, 2.05) is 0 Å². The monoisotopic (exact) mass is 509 g/mol. The lowest BCUT2D eigenvalue weighted by Crippen LogP contribution is -2.09. The number of ether oxygens (including phenoxy) is 1. The lowest BCUT2D eigenvalue weighted by molar-refractivity contribution is 0.318. The van der Waals surface area contributed by atoms with Crippen LogP contribution in [0.4, 0.5) is 17.1 Å². The first kappa shape index (κ1) is 25.6. The van der Waals surface area contributed by atoms with Crippen LogP contribution in [0.3, 0.4) is 0 Å². The van der Waals surface area contributed by atoms with E-state index in [4.69, 9.17) is 19.6 Å². The van der Waals surface area contributed by atoms with Crippen molar-refractivity contribution in [3.8, 4) is 5.75 Å². The van der Waals surface area contributed by atoms with E-state index in [1.54, 1.807) is 6.92 Å². The predicted molar refractivity (Wildman–Crippen MR) is 112 cm³/mol. The zero-order chi connectivity index (χ0) is 24.3. The SMILES string of the molecule is Cc1cc(N)c(OCCCS(=O)(=O)O)cc1N=Nc1cc(S(=O)(=O)O)ccc1S(=O)(=O)O. The zero-order valence-corrected chi connectivity index (χ0v) is 18.9. The van der Waals surface area contributed by atoms with Gasteiger partial charge in [-0.25, -0.2) is 0 Å². The van der Waals surface area contributed by atoms with Crippen molar-refractivity contribution in [3.63, 3.8) is 0 Å². The van der Waals surface area contributed by atoms with Crippen LogP contribution in [0.5, 0.6) is 5.75 Å². The molecule has 5 N–H and O–H groups in total. The molecule has 2 aromatic carbocycles. The van der Waals surface area contributed by atoms with Crippen LogP contribution in [0.25, 0.3) is 0 Å². The number of hydrogen-bond donors (Lipinski definition) is 4. The summed E-state index contributed by atoms with van der Waals surface area (Å²) < 4.78 is 99.9. The highest BCUT2D eigenvalue weighted by atomic mass is 32.2. The molecular formula is C16H19N3O10S3. The average Bonchev–Trinajstić information content (AvgIpc) is 2.63. The Kier molecular flexibility index (Phi) is 7.59. The first-order valence-electron chi connectivity index (χ1n) is 8.57. The Hall–Kier alpha value is -2.63. The summed E-state index contributed by atoms with van der Waals surface area (Å²) in [6.07, 6.45) is -0.0247. The van der Waals surface area contributed by atoms with Gasteiger partial charge in [0.2, 0.25) is 0 Å². The summed E-state index contributed by atoms with van der Waals surface area (Å²) in [6.45, 7) is 1.48. The van der Waals surface area contributed by atoms with Gasteiger partial charge in [0, 0.05) is 6.07 Å². The van der Waals surface area contributed by atoms with E-state index in [0.717, 1.165) is 12.1 Å². The van der Waals surface area contributed by atoms with Gasteiger partial charge in [-0.2, -0.15) is 30.4 Å². The molecule has 0 unspecified atom stereocenters. The summed E-state index contributed by atoms with van der Waals surface area (Å²) in [5.41, 5.74) is 6.06. The Morgan fingerprint density at radius 2 is 1.53 bits per heavy atom. The molecule has 0 spiro atoms. The standard InChI is InChI=1S/C16H19N3O10S3/c1-10-7-12(17)15(29-5-2-6-30(20,21)22)9-13(10)18-19-14-8-11(31(23,24)25)3-4-16(14)32(26,27)28/h3-4,7-9H,2,5-6,17H2,1H3,(H,20,21,22)(H,23,24,25)(H,26,27,28). The normalized spacial score (nSPS) is 12.9. The van der Waals surface area contributed by atoms with E-state index in [-0.39, 0.29) is 30.2 Å². The first-order chi connectivity index (χ1) is 14.6. The van der Waals surface area contributed by atoms with Crippen molar-refractivity contribution < 1.29 is 43.6 Å². The smallest absolute Gasteiger partial charge is 0.296 e. The van der Waals surface area contributed by atoms with Crippen molar-refractivity contribution in [1.82, 2.24) is 0 Å². The van der Waals surface area contributed by atoms with Crippen molar-refractivity contribution in [3.05, 3.63) is 35.9 Å². The van der Waals surface area contributed by atoms with E-state index in [9.17, 15) is 29.8 Å². The Balaban J connectivity index is 2.40. The highest BCUT2D eigenvalue weighted by molar-refractivity contribution is 7.86. The van der Waals surface area contributed by atoms with Crippen molar-refractivity contribution >= 4 is 47.4 Å². The van der Waals surface area contributed by atoms with Gasteiger partial charge in [-0.3, -0.25) is 13.7 Å². The van der Waals surface area contributed by atoms with Crippen molar-refractivity contribution in [2.24, 2.45) is 10.2 Å². The van der Waals surface area contributed by atoms with E-state index >= 15 is 0 Å². The minimum atomic E-state index is -4.80. The number of nitrogen functional groups attached to an aromatic ring is 1. The number of hydrogen-bond acceptors (Lipinski definition) is 10. The third-order valence-electron chi connectivity index (χ3n) is 3.90. The highest BCUT2D eigenvalue weighted by Crippen LogP contribution is 2.34. The molecule has 0 amide bonds. The topological polar surface area (TPSA) is 223 Å². The van der Waals surface area contributed by atoms with E-state index < -0.39 is 51.6 Å². The van der Waals surface area contributed by atoms with Crippen LogP contribution in [0.1, 0.15) is 12.0 Å². The van der Waals surface area contributed by atoms with E-state index in [0.29, 0.717) is 11.6 Å². The molecule has 13 nitrogen and oxygen atoms in total. The summed E-state index contributed by atoms with van der Waals surface area (Å²) in [5.74, 6) is -0.421. The summed E-state index contributed by atoms with van der Waals surface area (Å²) in [6, 6.07) is 4.99. The molecule has 176 valence electrons. The molecule has 16 heteroatoms. The van der Waals surface area contributed by atoms with Crippen LogP contribution < -0.4 is 10.5 Å². The molecule has 0 atom stereocenters. The fourth-order valence-electron chi connectivity index (χ4n) is 2.42. The Labute approximate surface area is 184 Å². The Morgan fingerprint density at radius 1 is 0.906 bits per heavy atom. The summed E-state index contributed by atoms with van der Waals surface area (Å²) in [5, 5.41) is 7.52. The lowest BCUT2D eigenvalue weighted by Gasteiger charge is -2.11. The minimum Gasteiger partial charge on any atom is -0.491 e. The van der Waals surface area contributed by atoms with Crippen LogP contribution in [0.15, 0.2) is 50.4 Å². The van der Waals surface area contributed by atoms with E-state index in [2.05, 4.69) is 10.2 Å². The zero-order valence-electron chi connectivity index (χ0n) is 16.4.